The normalized spacial score (nSPS) is 17.5. The first kappa shape index (κ1) is 19.2. The molecule has 5 rings (SSSR count). The van der Waals surface area contributed by atoms with Crippen LogP contribution in [-0.2, 0) is 9.31 Å². The SMILES string of the molecule is CC1(C)OB(c2cccc3c(-c4ccccc4)c(-c4ccccc4)oc23)OC1(C)C. The molecule has 0 radical (unpaired) electrons. The van der Waals surface area contributed by atoms with E-state index in [0.717, 1.165) is 38.9 Å². The van der Waals surface area contributed by atoms with E-state index in [1.165, 1.54) is 0 Å². The lowest BCUT2D eigenvalue weighted by Crippen LogP contribution is -2.41. The highest BCUT2D eigenvalue weighted by Crippen LogP contribution is 2.42. The van der Waals surface area contributed by atoms with E-state index in [2.05, 4.69) is 76.2 Å². The second-order valence-corrected chi connectivity index (χ2v) is 8.85. The van der Waals surface area contributed by atoms with Gasteiger partial charge < -0.3 is 13.7 Å². The molecule has 30 heavy (non-hydrogen) atoms. The van der Waals surface area contributed by atoms with Gasteiger partial charge in [0.05, 0.1) is 11.2 Å². The Bertz CT molecular complexity index is 1180. The Morgan fingerprint density at radius 1 is 0.633 bits per heavy atom. The first-order valence-electron chi connectivity index (χ1n) is 10.4. The number of benzene rings is 3. The number of hydrogen-bond acceptors (Lipinski definition) is 3. The lowest BCUT2D eigenvalue weighted by atomic mass is 9.78. The molecule has 0 spiro atoms. The molecule has 0 saturated carbocycles. The summed E-state index contributed by atoms with van der Waals surface area (Å²) in [5.41, 5.74) is 4.19. The van der Waals surface area contributed by atoms with Crippen molar-refractivity contribution < 1.29 is 13.7 Å². The van der Waals surface area contributed by atoms with Crippen LogP contribution in [0.15, 0.2) is 83.3 Å². The summed E-state index contributed by atoms with van der Waals surface area (Å²) in [4.78, 5) is 0. The Balaban J connectivity index is 1.75. The van der Waals surface area contributed by atoms with Crippen LogP contribution < -0.4 is 5.46 Å². The van der Waals surface area contributed by atoms with E-state index in [9.17, 15) is 0 Å². The van der Waals surface area contributed by atoms with Crippen LogP contribution in [0.3, 0.4) is 0 Å². The standard InChI is InChI=1S/C26H25BO3/c1-25(2)26(3,4)30-27(29-25)21-17-11-16-20-22(18-12-7-5-8-13-18)23(28-24(20)21)19-14-9-6-10-15-19/h5-17H,1-4H3. The lowest BCUT2D eigenvalue weighted by molar-refractivity contribution is 0.00578. The molecule has 0 N–H and O–H groups in total. The third-order valence-corrected chi connectivity index (χ3v) is 6.35. The zero-order valence-corrected chi connectivity index (χ0v) is 17.8. The maximum Gasteiger partial charge on any atom is 0.498 e. The highest BCUT2D eigenvalue weighted by molar-refractivity contribution is 6.65. The molecule has 1 saturated heterocycles. The van der Waals surface area contributed by atoms with E-state index < -0.39 is 18.3 Å². The van der Waals surface area contributed by atoms with Crippen molar-refractivity contribution in [2.45, 2.75) is 38.9 Å². The van der Waals surface area contributed by atoms with E-state index in [1.807, 2.05) is 30.3 Å². The molecule has 150 valence electrons. The largest absolute Gasteiger partial charge is 0.498 e. The maximum atomic E-state index is 6.56. The van der Waals surface area contributed by atoms with Crippen molar-refractivity contribution in [3.8, 4) is 22.5 Å². The van der Waals surface area contributed by atoms with Crippen molar-refractivity contribution in [1.82, 2.24) is 0 Å². The van der Waals surface area contributed by atoms with Crippen LogP contribution >= 0.6 is 0 Å². The Morgan fingerprint density at radius 3 is 1.80 bits per heavy atom. The highest BCUT2D eigenvalue weighted by atomic mass is 16.7. The molecular weight excluding hydrogens is 371 g/mol. The summed E-state index contributed by atoms with van der Waals surface area (Å²) in [6.45, 7) is 8.28. The maximum absolute atomic E-state index is 6.56. The molecule has 4 heteroatoms. The average molecular weight is 396 g/mol. The fourth-order valence-electron chi connectivity index (χ4n) is 3.98. The average Bonchev–Trinajstić information content (AvgIpc) is 3.23. The number of para-hydroxylation sites is 1. The molecule has 0 bridgehead atoms. The van der Waals surface area contributed by atoms with E-state index >= 15 is 0 Å². The number of furan rings is 1. The Kier molecular flexibility index (Phi) is 4.39. The molecule has 0 unspecified atom stereocenters. The van der Waals surface area contributed by atoms with E-state index in [4.69, 9.17) is 13.7 Å². The summed E-state index contributed by atoms with van der Waals surface area (Å²) < 4.78 is 19.2. The fraction of sp³-hybridized carbons (Fsp3) is 0.231. The molecule has 0 atom stereocenters. The van der Waals surface area contributed by atoms with Gasteiger partial charge in [-0.1, -0.05) is 78.9 Å². The van der Waals surface area contributed by atoms with Gasteiger partial charge in [-0.3, -0.25) is 0 Å². The molecular formula is C26H25BO3. The summed E-state index contributed by atoms with van der Waals surface area (Å²) in [6, 6.07) is 26.8. The van der Waals surface area contributed by atoms with Gasteiger partial charge in [-0.15, -0.1) is 0 Å². The zero-order chi connectivity index (χ0) is 20.9. The highest BCUT2D eigenvalue weighted by Gasteiger charge is 2.52. The first-order valence-corrected chi connectivity index (χ1v) is 10.4. The van der Waals surface area contributed by atoms with Gasteiger partial charge in [0.25, 0.3) is 0 Å². The van der Waals surface area contributed by atoms with Crippen LogP contribution in [-0.4, -0.2) is 18.3 Å². The van der Waals surface area contributed by atoms with Gasteiger partial charge in [0.15, 0.2) is 0 Å². The summed E-state index contributed by atoms with van der Waals surface area (Å²) in [5, 5.41) is 1.06. The molecule has 1 fully saturated rings. The minimum absolute atomic E-state index is 0.406. The van der Waals surface area contributed by atoms with Crippen molar-refractivity contribution in [2.75, 3.05) is 0 Å². The summed E-state index contributed by atoms with van der Waals surface area (Å²) in [5.74, 6) is 0.862. The van der Waals surface area contributed by atoms with Gasteiger partial charge in [-0.05, 0) is 33.3 Å². The fourth-order valence-corrected chi connectivity index (χ4v) is 3.98. The second kappa shape index (κ2) is 6.87. The Morgan fingerprint density at radius 2 is 1.20 bits per heavy atom. The number of fused-ring (bicyclic) bond motifs is 1. The van der Waals surface area contributed by atoms with Crippen molar-refractivity contribution in [3.05, 3.63) is 78.9 Å². The van der Waals surface area contributed by atoms with Gasteiger partial charge in [-0.2, -0.15) is 0 Å². The predicted molar refractivity (Wildman–Crippen MR) is 123 cm³/mol. The topological polar surface area (TPSA) is 31.6 Å². The Hall–Kier alpha value is -2.82. The van der Waals surface area contributed by atoms with E-state index in [0.29, 0.717) is 0 Å². The molecule has 1 aromatic heterocycles. The second-order valence-electron chi connectivity index (χ2n) is 8.85. The van der Waals surface area contributed by atoms with Crippen LogP contribution in [0.25, 0.3) is 33.4 Å². The zero-order valence-electron chi connectivity index (χ0n) is 17.8. The molecule has 2 heterocycles. The molecule has 4 aromatic rings. The van der Waals surface area contributed by atoms with Gasteiger partial charge >= 0.3 is 7.12 Å². The van der Waals surface area contributed by atoms with Crippen LogP contribution in [0, 0.1) is 0 Å². The minimum Gasteiger partial charge on any atom is -0.456 e. The summed E-state index contributed by atoms with van der Waals surface area (Å²) >= 11 is 0. The van der Waals surface area contributed by atoms with Crippen LogP contribution in [0.5, 0.6) is 0 Å². The predicted octanol–water partition coefficient (Wildman–Crippen LogP) is 6.07. The first-order chi connectivity index (χ1) is 14.4. The van der Waals surface area contributed by atoms with Gasteiger partial charge in [-0.25, -0.2) is 0 Å². The van der Waals surface area contributed by atoms with Gasteiger partial charge in [0.1, 0.15) is 11.3 Å². The van der Waals surface area contributed by atoms with Crippen molar-refractivity contribution in [3.63, 3.8) is 0 Å². The third kappa shape index (κ3) is 2.99. The lowest BCUT2D eigenvalue weighted by Gasteiger charge is -2.32. The monoisotopic (exact) mass is 396 g/mol. The quantitative estimate of drug-likeness (QED) is 0.394. The van der Waals surface area contributed by atoms with E-state index in [-0.39, 0.29) is 0 Å². The molecule has 0 amide bonds. The molecule has 0 aliphatic carbocycles. The van der Waals surface area contributed by atoms with Crippen LogP contribution in [0.2, 0.25) is 0 Å². The van der Waals surface area contributed by atoms with Crippen LogP contribution in [0.4, 0.5) is 0 Å². The Labute approximate surface area is 177 Å². The molecule has 3 nitrogen and oxygen atoms in total. The minimum atomic E-state index is -0.475. The van der Waals surface area contributed by atoms with Crippen molar-refractivity contribution in [1.29, 1.82) is 0 Å². The van der Waals surface area contributed by atoms with Crippen molar-refractivity contribution in [2.24, 2.45) is 0 Å². The van der Waals surface area contributed by atoms with Gasteiger partial charge in [0.2, 0.25) is 0 Å². The van der Waals surface area contributed by atoms with Crippen LogP contribution in [0.1, 0.15) is 27.7 Å². The summed E-state index contributed by atoms with van der Waals surface area (Å²) in [6.07, 6.45) is 0. The molecule has 3 aromatic carbocycles. The number of hydrogen-bond donors (Lipinski definition) is 0. The third-order valence-electron chi connectivity index (χ3n) is 6.35. The summed E-state index contributed by atoms with van der Waals surface area (Å²) in [7, 11) is -0.475. The van der Waals surface area contributed by atoms with E-state index in [1.54, 1.807) is 0 Å². The molecule has 1 aliphatic rings. The smallest absolute Gasteiger partial charge is 0.456 e. The van der Waals surface area contributed by atoms with Crippen molar-refractivity contribution >= 4 is 23.6 Å². The van der Waals surface area contributed by atoms with Gasteiger partial charge in [0, 0.05) is 22.0 Å². The molecule has 1 aliphatic heterocycles. The number of rotatable bonds is 3.